The molecule has 1 rings (SSSR count). The highest BCUT2D eigenvalue weighted by molar-refractivity contribution is 9.10. The van der Waals surface area contributed by atoms with Crippen LogP contribution in [0.4, 0.5) is 0 Å². The Balaban J connectivity index is 2.65. The lowest BCUT2D eigenvalue weighted by Gasteiger charge is -2.11. The standard InChI is InChI=1S/C12H17BrN2O2/c1-8(6-14)12(16)15-7-9-5-10(17-2)3-4-11(9)13/h3-5,8H,6-7,14H2,1-2H3,(H,15,16). The van der Waals surface area contributed by atoms with E-state index in [1.165, 1.54) is 0 Å². The molecule has 5 heteroatoms. The summed E-state index contributed by atoms with van der Waals surface area (Å²) in [5.41, 5.74) is 6.40. The summed E-state index contributed by atoms with van der Waals surface area (Å²) in [6.45, 7) is 2.61. The fourth-order valence-corrected chi connectivity index (χ4v) is 1.66. The van der Waals surface area contributed by atoms with Gasteiger partial charge in [0.25, 0.3) is 0 Å². The smallest absolute Gasteiger partial charge is 0.224 e. The molecule has 0 aliphatic heterocycles. The van der Waals surface area contributed by atoms with E-state index in [-0.39, 0.29) is 11.8 Å². The van der Waals surface area contributed by atoms with Crippen LogP contribution in [0, 0.1) is 5.92 Å². The van der Waals surface area contributed by atoms with E-state index in [1.54, 1.807) is 14.0 Å². The van der Waals surface area contributed by atoms with Crippen molar-refractivity contribution in [2.24, 2.45) is 11.7 Å². The summed E-state index contributed by atoms with van der Waals surface area (Å²) in [5, 5.41) is 2.84. The van der Waals surface area contributed by atoms with Crippen molar-refractivity contribution in [3.05, 3.63) is 28.2 Å². The third-order valence-electron chi connectivity index (χ3n) is 2.51. The van der Waals surface area contributed by atoms with E-state index in [4.69, 9.17) is 10.5 Å². The van der Waals surface area contributed by atoms with E-state index in [2.05, 4.69) is 21.2 Å². The molecule has 0 aromatic heterocycles. The molecule has 1 atom stereocenters. The Kier molecular flexibility index (Phi) is 5.44. The Morgan fingerprint density at radius 2 is 2.29 bits per heavy atom. The topological polar surface area (TPSA) is 64.3 Å². The molecule has 0 radical (unpaired) electrons. The van der Waals surface area contributed by atoms with Gasteiger partial charge in [-0.05, 0) is 23.8 Å². The van der Waals surface area contributed by atoms with Crippen molar-refractivity contribution in [1.82, 2.24) is 5.32 Å². The number of amides is 1. The molecule has 1 aromatic carbocycles. The number of hydrogen-bond donors (Lipinski definition) is 2. The van der Waals surface area contributed by atoms with Gasteiger partial charge in [-0.1, -0.05) is 22.9 Å². The predicted molar refractivity (Wildman–Crippen MR) is 70.8 cm³/mol. The predicted octanol–water partition coefficient (Wildman–Crippen LogP) is 1.67. The average molecular weight is 301 g/mol. The second kappa shape index (κ2) is 6.61. The Morgan fingerprint density at radius 3 is 2.88 bits per heavy atom. The van der Waals surface area contributed by atoms with Gasteiger partial charge < -0.3 is 15.8 Å². The summed E-state index contributed by atoms with van der Waals surface area (Å²) in [6, 6.07) is 5.64. The van der Waals surface area contributed by atoms with E-state index in [1.807, 2.05) is 18.2 Å². The molecule has 1 amide bonds. The highest BCUT2D eigenvalue weighted by Gasteiger charge is 2.11. The molecule has 0 bridgehead atoms. The second-order valence-corrected chi connectivity index (χ2v) is 4.67. The van der Waals surface area contributed by atoms with Crippen LogP contribution in [-0.2, 0) is 11.3 Å². The zero-order valence-electron chi connectivity index (χ0n) is 10.00. The van der Waals surface area contributed by atoms with Crippen molar-refractivity contribution in [3.63, 3.8) is 0 Å². The Morgan fingerprint density at radius 1 is 1.59 bits per heavy atom. The number of nitrogens with one attached hydrogen (secondary N) is 1. The molecule has 0 heterocycles. The van der Waals surface area contributed by atoms with E-state index < -0.39 is 0 Å². The summed E-state index contributed by atoms with van der Waals surface area (Å²) in [6.07, 6.45) is 0. The minimum atomic E-state index is -0.167. The fraction of sp³-hybridized carbons (Fsp3) is 0.417. The first-order chi connectivity index (χ1) is 8.08. The molecule has 94 valence electrons. The molecular formula is C12H17BrN2O2. The third-order valence-corrected chi connectivity index (χ3v) is 3.28. The van der Waals surface area contributed by atoms with Crippen LogP contribution in [0.1, 0.15) is 12.5 Å². The number of rotatable bonds is 5. The van der Waals surface area contributed by atoms with Gasteiger partial charge in [0, 0.05) is 23.5 Å². The molecule has 1 aromatic rings. The van der Waals surface area contributed by atoms with E-state index >= 15 is 0 Å². The maximum Gasteiger partial charge on any atom is 0.224 e. The van der Waals surface area contributed by atoms with Crippen LogP contribution in [0.2, 0.25) is 0 Å². The number of halogens is 1. The average Bonchev–Trinajstić information content (AvgIpc) is 2.36. The van der Waals surface area contributed by atoms with Gasteiger partial charge >= 0.3 is 0 Å². The Labute approximate surface area is 110 Å². The Hall–Kier alpha value is -1.07. The molecule has 0 fully saturated rings. The molecule has 0 aliphatic carbocycles. The summed E-state index contributed by atoms with van der Waals surface area (Å²) < 4.78 is 6.08. The van der Waals surface area contributed by atoms with E-state index in [0.717, 1.165) is 15.8 Å². The van der Waals surface area contributed by atoms with Crippen LogP contribution < -0.4 is 15.8 Å². The second-order valence-electron chi connectivity index (χ2n) is 3.81. The van der Waals surface area contributed by atoms with E-state index in [0.29, 0.717) is 13.1 Å². The first-order valence-corrected chi connectivity index (χ1v) is 6.18. The van der Waals surface area contributed by atoms with E-state index in [9.17, 15) is 4.79 Å². The van der Waals surface area contributed by atoms with Crippen LogP contribution in [0.3, 0.4) is 0 Å². The number of nitrogens with two attached hydrogens (primary N) is 1. The monoisotopic (exact) mass is 300 g/mol. The Bertz CT molecular complexity index is 396. The highest BCUT2D eigenvalue weighted by Crippen LogP contribution is 2.22. The van der Waals surface area contributed by atoms with Crippen molar-refractivity contribution in [2.45, 2.75) is 13.5 Å². The molecular weight excluding hydrogens is 284 g/mol. The maximum absolute atomic E-state index is 11.6. The van der Waals surface area contributed by atoms with Gasteiger partial charge in [-0.25, -0.2) is 0 Å². The number of carbonyl (C=O) groups is 1. The SMILES string of the molecule is COc1ccc(Br)c(CNC(=O)C(C)CN)c1. The fourth-order valence-electron chi connectivity index (χ4n) is 1.28. The van der Waals surface area contributed by atoms with Gasteiger partial charge in [-0.3, -0.25) is 4.79 Å². The highest BCUT2D eigenvalue weighted by atomic mass is 79.9. The normalized spacial score (nSPS) is 12.0. The lowest BCUT2D eigenvalue weighted by atomic mass is 10.1. The zero-order chi connectivity index (χ0) is 12.8. The van der Waals surface area contributed by atoms with Crippen molar-refractivity contribution in [1.29, 1.82) is 0 Å². The number of carbonyl (C=O) groups excluding carboxylic acids is 1. The van der Waals surface area contributed by atoms with Gasteiger partial charge in [-0.2, -0.15) is 0 Å². The number of hydrogen-bond acceptors (Lipinski definition) is 3. The van der Waals surface area contributed by atoms with Crippen LogP contribution in [-0.4, -0.2) is 19.6 Å². The lowest BCUT2D eigenvalue weighted by molar-refractivity contribution is -0.124. The van der Waals surface area contributed by atoms with Crippen molar-refractivity contribution in [2.75, 3.05) is 13.7 Å². The minimum Gasteiger partial charge on any atom is -0.497 e. The molecule has 17 heavy (non-hydrogen) atoms. The minimum absolute atomic E-state index is 0.0396. The summed E-state index contributed by atoms with van der Waals surface area (Å²) in [5.74, 6) is 0.561. The van der Waals surface area contributed by atoms with Gasteiger partial charge in [-0.15, -0.1) is 0 Å². The molecule has 0 aliphatic rings. The molecule has 1 unspecified atom stereocenters. The number of methoxy groups -OCH3 is 1. The van der Waals surface area contributed by atoms with Crippen molar-refractivity contribution < 1.29 is 9.53 Å². The molecule has 3 N–H and O–H groups in total. The summed E-state index contributed by atoms with van der Waals surface area (Å²) in [4.78, 5) is 11.6. The molecule has 0 spiro atoms. The largest absolute Gasteiger partial charge is 0.497 e. The first kappa shape index (κ1) is 14.0. The van der Waals surface area contributed by atoms with Gasteiger partial charge in [0.05, 0.1) is 7.11 Å². The van der Waals surface area contributed by atoms with Crippen LogP contribution >= 0.6 is 15.9 Å². The summed E-state index contributed by atoms with van der Waals surface area (Å²) >= 11 is 3.43. The van der Waals surface area contributed by atoms with Crippen LogP contribution in [0.5, 0.6) is 5.75 Å². The quantitative estimate of drug-likeness (QED) is 0.869. The zero-order valence-corrected chi connectivity index (χ0v) is 11.6. The van der Waals surface area contributed by atoms with Crippen molar-refractivity contribution in [3.8, 4) is 5.75 Å². The van der Waals surface area contributed by atoms with Gasteiger partial charge in [0.1, 0.15) is 5.75 Å². The third kappa shape index (κ3) is 4.02. The first-order valence-electron chi connectivity index (χ1n) is 5.38. The molecule has 0 saturated heterocycles. The maximum atomic E-state index is 11.6. The van der Waals surface area contributed by atoms with Crippen LogP contribution in [0.15, 0.2) is 22.7 Å². The van der Waals surface area contributed by atoms with Crippen LogP contribution in [0.25, 0.3) is 0 Å². The summed E-state index contributed by atoms with van der Waals surface area (Å²) in [7, 11) is 1.61. The number of ether oxygens (including phenoxy) is 1. The van der Waals surface area contributed by atoms with Crippen molar-refractivity contribution >= 4 is 21.8 Å². The molecule has 0 saturated carbocycles. The molecule has 4 nitrogen and oxygen atoms in total. The van der Waals surface area contributed by atoms with Gasteiger partial charge in [0.2, 0.25) is 5.91 Å². The lowest BCUT2D eigenvalue weighted by Crippen LogP contribution is -2.32. The van der Waals surface area contributed by atoms with Gasteiger partial charge in [0.15, 0.2) is 0 Å². The number of benzene rings is 1.